The van der Waals surface area contributed by atoms with Gasteiger partial charge in [0.1, 0.15) is 0 Å². The quantitative estimate of drug-likeness (QED) is 0.360. The van der Waals surface area contributed by atoms with Crippen molar-refractivity contribution >= 4 is 5.97 Å². The first-order valence-corrected chi connectivity index (χ1v) is 6.58. The zero-order chi connectivity index (χ0) is 21.5. The van der Waals surface area contributed by atoms with Gasteiger partial charge in [-0.2, -0.15) is 0 Å². The molecule has 2 nitrogen and oxygen atoms in total. The molecule has 0 aliphatic rings. The fourth-order valence-electron chi connectivity index (χ4n) is 1.48. The van der Waals surface area contributed by atoms with Crippen molar-refractivity contribution in [3.8, 4) is 0 Å². The lowest BCUT2D eigenvalue weighted by Gasteiger charge is -2.01. The third-order valence-corrected chi connectivity index (χ3v) is 2.42. The Labute approximate surface area is 125 Å². The minimum Gasteiger partial charge on any atom is -0.478 e. The van der Waals surface area contributed by atoms with Crippen LogP contribution in [0.4, 0.5) is 0 Å². The van der Waals surface area contributed by atoms with Crippen molar-refractivity contribution in [2.75, 3.05) is 0 Å². The molecule has 0 heterocycles. The van der Waals surface area contributed by atoms with E-state index in [4.69, 9.17) is 17.4 Å². The second-order valence-corrected chi connectivity index (χ2v) is 4.06. The third kappa shape index (κ3) is 15.2. The monoisotopic (exact) mass is 263 g/mol. The molecule has 0 amide bonds. The smallest absolute Gasteiger partial charge is 0.327 e. The van der Waals surface area contributed by atoms with Crippen molar-refractivity contribution in [2.45, 2.75) is 83.8 Å². The lowest BCUT2D eigenvalue weighted by atomic mass is 10.1. The number of aliphatic carboxylic acids is 1. The molecule has 1 unspecified atom stereocenters. The van der Waals surface area contributed by atoms with Gasteiger partial charge >= 0.3 is 5.97 Å². The van der Waals surface area contributed by atoms with Gasteiger partial charge in [-0.05, 0) is 12.7 Å². The summed E-state index contributed by atoms with van der Waals surface area (Å²) in [5, 5.41) is 8.73. The standard InChI is InChI=1S/C16H30O2/c1-2-3-4-5-6-7-8-9-10-11-12-13-14-15-16(17)18/h14-15H,2-13H2,1H3,(H,17,18)/b15-14-/i10D,11D2,12D2,13D2,14D,15D. The molecule has 0 bridgehead atoms. The summed E-state index contributed by atoms with van der Waals surface area (Å²) in [4.78, 5) is 10.8. The van der Waals surface area contributed by atoms with Gasteiger partial charge in [-0.15, -0.1) is 0 Å². The zero-order valence-electron chi connectivity index (χ0n) is 20.1. The summed E-state index contributed by atoms with van der Waals surface area (Å²) in [7, 11) is 0. The van der Waals surface area contributed by atoms with Gasteiger partial charge in [0.2, 0.25) is 0 Å². The normalized spacial score (nSPS) is 23.7. The predicted octanol–water partition coefficient (Wildman–Crippen LogP) is 5.33. The number of carboxylic acid groups (broad SMARTS) is 1. The molecular formula is C16H30O2. The second kappa shape index (κ2) is 14.3. The molecule has 0 aromatic carbocycles. The lowest BCUT2D eigenvalue weighted by molar-refractivity contribution is -0.131. The number of hydrogen-bond donors (Lipinski definition) is 1. The largest absolute Gasteiger partial charge is 0.478 e. The number of carboxylic acids is 1. The van der Waals surface area contributed by atoms with Gasteiger partial charge in [0, 0.05) is 15.6 Å². The Morgan fingerprint density at radius 3 is 2.33 bits per heavy atom. The van der Waals surface area contributed by atoms with E-state index >= 15 is 0 Å². The highest BCUT2D eigenvalue weighted by Gasteiger charge is 1.92. The molecule has 0 spiro atoms. The fraction of sp³-hybridized carbons (Fsp3) is 0.812. The topological polar surface area (TPSA) is 37.3 Å². The van der Waals surface area contributed by atoms with Crippen molar-refractivity contribution in [3.05, 3.63) is 12.1 Å². The summed E-state index contributed by atoms with van der Waals surface area (Å²) in [6.45, 7) is 2.11. The molecule has 0 radical (unpaired) electrons. The molecule has 0 saturated carbocycles. The van der Waals surface area contributed by atoms with Crippen LogP contribution in [0.2, 0.25) is 0 Å². The minimum absolute atomic E-state index is 0.0279. The fourth-order valence-corrected chi connectivity index (χ4v) is 1.48. The SMILES string of the molecule is [2H]/C(C(=O)O)=C(\[2H])C([2H])([2H])C([2H])([2H])C([2H])([2H])C([2H])CCCCCCCCC. The van der Waals surface area contributed by atoms with E-state index in [1.807, 2.05) is 0 Å². The summed E-state index contributed by atoms with van der Waals surface area (Å²) in [6.07, 6.45) is -4.61. The summed E-state index contributed by atoms with van der Waals surface area (Å²) in [5.74, 6) is -1.90. The maximum Gasteiger partial charge on any atom is 0.327 e. The van der Waals surface area contributed by atoms with Gasteiger partial charge in [0.05, 0.1) is 2.74 Å². The Morgan fingerprint density at radius 1 is 1.11 bits per heavy atom. The zero-order valence-corrected chi connectivity index (χ0v) is 11.1. The highest BCUT2D eigenvalue weighted by Crippen LogP contribution is 2.11. The predicted molar refractivity (Wildman–Crippen MR) is 77.9 cm³/mol. The van der Waals surface area contributed by atoms with Crippen LogP contribution in [0.1, 0.15) is 96.1 Å². The summed E-state index contributed by atoms with van der Waals surface area (Å²) < 4.78 is 69.9. The van der Waals surface area contributed by atoms with Gasteiger partial charge in [-0.25, -0.2) is 4.79 Å². The number of hydrogen-bond acceptors (Lipinski definition) is 1. The average Bonchev–Trinajstić information content (AvgIpc) is 2.58. The first-order valence-electron chi connectivity index (χ1n) is 11.2. The molecule has 0 aliphatic heterocycles. The van der Waals surface area contributed by atoms with Gasteiger partial charge < -0.3 is 5.11 Å². The van der Waals surface area contributed by atoms with Crippen molar-refractivity contribution in [2.24, 2.45) is 0 Å². The van der Waals surface area contributed by atoms with Crippen LogP contribution in [0.15, 0.2) is 12.1 Å². The van der Waals surface area contributed by atoms with E-state index in [9.17, 15) is 4.79 Å². The number of unbranched alkanes of at least 4 members (excludes halogenated alkanes) is 6. The first-order chi connectivity index (χ1) is 12.2. The van der Waals surface area contributed by atoms with Gasteiger partial charge in [0.25, 0.3) is 0 Å². The van der Waals surface area contributed by atoms with Crippen LogP contribution in [0.3, 0.4) is 0 Å². The van der Waals surface area contributed by atoms with Gasteiger partial charge in [-0.1, -0.05) is 77.1 Å². The van der Waals surface area contributed by atoms with Gasteiger partial charge in [-0.3, -0.25) is 0 Å². The number of rotatable bonds is 13. The Bertz CT molecular complexity index is 518. The van der Waals surface area contributed by atoms with Crippen molar-refractivity contribution in [1.82, 2.24) is 0 Å². The Hall–Kier alpha value is -0.790. The molecule has 0 aromatic rings. The average molecular weight is 263 g/mol. The molecular weight excluding hydrogens is 224 g/mol. The first kappa shape index (κ1) is 7.12. The van der Waals surface area contributed by atoms with E-state index in [0.29, 0.717) is 6.42 Å². The lowest BCUT2D eigenvalue weighted by Crippen LogP contribution is -1.85. The van der Waals surface area contributed by atoms with Crippen LogP contribution in [0.5, 0.6) is 0 Å². The van der Waals surface area contributed by atoms with Crippen LogP contribution in [-0.2, 0) is 4.79 Å². The summed E-state index contributed by atoms with van der Waals surface area (Å²) in [6, 6.07) is -2.89. The molecule has 0 aliphatic carbocycles. The summed E-state index contributed by atoms with van der Waals surface area (Å²) >= 11 is 0. The molecule has 1 N–H and O–H groups in total. The van der Waals surface area contributed by atoms with Crippen molar-refractivity contribution < 1.29 is 22.2 Å². The summed E-state index contributed by atoms with van der Waals surface area (Å²) in [5.41, 5.74) is 0. The van der Waals surface area contributed by atoms with E-state index in [1.165, 1.54) is 0 Å². The van der Waals surface area contributed by atoms with Crippen LogP contribution >= 0.6 is 0 Å². The van der Waals surface area contributed by atoms with E-state index in [2.05, 4.69) is 6.92 Å². The second-order valence-electron chi connectivity index (χ2n) is 4.06. The maximum absolute atomic E-state index is 10.8. The van der Waals surface area contributed by atoms with E-state index in [1.54, 1.807) is 0 Å². The third-order valence-electron chi connectivity index (χ3n) is 2.42. The number of carbonyl (C=O) groups is 1. The Balaban J connectivity index is 5.08. The van der Waals surface area contributed by atoms with Crippen molar-refractivity contribution in [1.29, 1.82) is 0 Å². The minimum atomic E-state index is -3.37. The molecule has 0 aromatic heterocycles. The van der Waals surface area contributed by atoms with E-state index in [0.717, 1.165) is 38.5 Å². The molecule has 1 atom stereocenters. The van der Waals surface area contributed by atoms with E-state index in [-0.39, 0.29) is 6.42 Å². The van der Waals surface area contributed by atoms with Crippen molar-refractivity contribution in [3.63, 3.8) is 0 Å². The molecule has 0 saturated heterocycles. The molecule has 18 heavy (non-hydrogen) atoms. The van der Waals surface area contributed by atoms with Gasteiger partial charge in [0.15, 0.2) is 0 Å². The van der Waals surface area contributed by atoms with Crippen LogP contribution in [0.25, 0.3) is 0 Å². The van der Waals surface area contributed by atoms with Crippen LogP contribution in [0, 0.1) is 0 Å². The Morgan fingerprint density at radius 2 is 1.72 bits per heavy atom. The molecule has 0 rings (SSSR count). The molecule has 106 valence electrons. The highest BCUT2D eigenvalue weighted by molar-refractivity contribution is 5.79. The van der Waals surface area contributed by atoms with E-state index < -0.39 is 43.6 Å². The Kier molecular flexibility index (Phi) is 5.64. The molecule has 0 fully saturated rings. The highest BCUT2D eigenvalue weighted by atomic mass is 16.4. The molecule has 2 heteroatoms. The van der Waals surface area contributed by atoms with Crippen LogP contribution in [-0.4, -0.2) is 11.1 Å². The maximum atomic E-state index is 10.8. The number of allylic oxidation sites excluding steroid dienone is 1. The van der Waals surface area contributed by atoms with Crippen LogP contribution < -0.4 is 0 Å².